The van der Waals surface area contributed by atoms with Gasteiger partial charge >= 0.3 is 0 Å². The number of nitrogens with two attached hydrogens (primary N) is 1. The van der Waals surface area contributed by atoms with E-state index in [-0.39, 0.29) is 11.7 Å². The molecule has 1 atom stereocenters. The lowest BCUT2D eigenvalue weighted by atomic mass is 9.83. The van der Waals surface area contributed by atoms with Crippen molar-refractivity contribution >= 4 is 5.69 Å². The Morgan fingerprint density at radius 2 is 2.05 bits per heavy atom. The maximum atomic E-state index is 6.33. The van der Waals surface area contributed by atoms with Gasteiger partial charge in [0.2, 0.25) is 0 Å². The van der Waals surface area contributed by atoms with Crippen LogP contribution in [-0.2, 0) is 4.74 Å². The summed E-state index contributed by atoms with van der Waals surface area (Å²) in [7, 11) is 0. The summed E-state index contributed by atoms with van der Waals surface area (Å²) in [5.41, 5.74) is 7.87. The van der Waals surface area contributed by atoms with Crippen LogP contribution in [0.4, 0.5) is 5.69 Å². The maximum Gasteiger partial charge on any atom is 0.124 e. The van der Waals surface area contributed by atoms with Crippen LogP contribution in [0, 0.1) is 6.92 Å². The lowest BCUT2D eigenvalue weighted by molar-refractivity contribution is -0.0749. The van der Waals surface area contributed by atoms with Crippen molar-refractivity contribution in [2.45, 2.75) is 63.6 Å². The van der Waals surface area contributed by atoms with Gasteiger partial charge in [0.15, 0.2) is 0 Å². The quantitative estimate of drug-likeness (QED) is 0.852. The standard InChI is InChI=1S/C17H25NO2/c1-13-5-6-14(18)11-16(13)19-12-15-7-10-17(20-15)8-3-2-4-9-17/h5-6,11,15H,2-4,7-10,12,18H2,1H3. The molecule has 3 rings (SSSR count). The summed E-state index contributed by atoms with van der Waals surface area (Å²) in [6, 6.07) is 5.81. The first kappa shape index (κ1) is 13.7. The molecule has 2 fully saturated rings. The van der Waals surface area contributed by atoms with Crippen molar-refractivity contribution in [3.05, 3.63) is 23.8 Å². The molecule has 1 unspecified atom stereocenters. The van der Waals surface area contributed by atoms with Crippen LogP contribution in [0.3, 0.4) is 0 Å². The number of rotatable bonds is 3. The number of nitrogen functional groups attached to an aromatic ring is 1. The molecule has 2 N–H and O–H groups in total. The third kappa shape index (κ3) is 2.93. The predicted molar refractivity (Wildman–Crippen MR) is 81.0 cm³/mol. The predicted octanol–water partition coefficient (Wildman–Crippen LogP) is 3.84. The fraction of sp³-hybridized carbons (Fsp3) is 0.647. The molecule has 0 amide bonds. The van der Waals surface area contributed by atoms with Crippen LogP contribution in [0.2, 0.25) is 0 Å². The molecule has 1 spiro atoms. The first-order valence-corrected chi connectivity index (χ1v) is 7.84. The van der Waals surface area contributed by atoms with Gasteiger partial charge in [0, 0.05) is 11.8 Å². The Balaban J connectivity index is 1.56. The van der Waals surface area contributed by atoms with E-state index < -0.39 is 0 Å². The zero-order chi connectivity index (χ0) is 14.0. The highest BCUT2D eigenvalue weighted by atomic mass is 16.6. The van der Waals surface area contributed by atoms with Crippen LogP contribution in [0.5, 0.6) is 5.75 Å². The smallest absolute Gasteiger partial charge is 0.124 e. The summed E-state index contributed by atoms with van der Waals surface area (Å²) in [4.78, 5) is 0. The van der Waals surface area contributed by atoms with Gasteiger partial charge in [0.05, 0.1) is 11.7 Å². The molecule has 0 radical (unpaired) electrons. The third-order valence-electron chi connectivity index (χ3n) is 4.74. The molecule has 3 heteroatoms. The van der Waals surface area contributed by atoms with Crippen molar-refractivity contribution < 1.29 is 9.47 Å². The minimum atomic E-state index is 0.178. The van der Waals surface area contributed by atoms with Gasteiger partial charge in [0.25, 0.3) is 0 Å². The minimum absolute atomic E-state index is 0.178. The second-order valence-electron chi connectivity index (χ2n) is 6.36. The van der Waals surface area contributed by atoms with E-state index in [0.717, 1.165) is 23.4 Å². The van der Waals surface area contributed by atoms with Gasteiger partial charge in [-0.3, -0.25) is 0 Å². The monoisotopic (exact) mass is 275 g/mol. The summed E-state index contributed by atoms with van der Waals surface area (Å²) in [5, 5.41) is 0. The summed E-state index contributed by atoms with van der Waals surface area (Å²) in [5.74, 6) is 0.887. The lowest BCUT2D eigenvalue weighted by Gasteiger charge is -2.33. The zero-order valence-electron chi connectivity index (χ0n) is 12.4. The average Bonchev–Trinajstić information content (AvgIpc) is 2.84. The van der Waals surface area contributed by atoms with Crippen LogP contribution in [0.15, 0.2) is 18.2 Å². The van der Waals surface area contributed by atoms with E-state index in [2.05, 4.69) is 0 Å². The van der Waals surface area contributed by atoms with Crippen LogP contribution >= 0.6 is 0 Å². The summed E-state index contributed by atoms with van der Waals surface area (Å²) in [6.45, 7) is 2.69. The number of hydrogen-bond acceptors (Lipinski definition) is 3. The van der Waals surface area contributed by atoms with Crippen molar-refractivity contribution in [1.82, 2.24) is 0 Å². The molecule has 1 heterocycles. The fourth-order valence-electron chi connectivity index (χ4n) is 3.53. The molecular formula is C17H25NO2. The molecule has 2 aliphatic rings. The number of aryl methyl sites for hydroxylation is 1. The first-order chi connectivity index (χ1) is 9.67. The number of ether oxygens (including phenoxy) is 2. The molecule has 1 saturated carbocycles. The number of benzene rings is 1. The summed E-state index contributed by atoms with van der Waals surface area (Å²) < 4.78 is 12.3. The van der Waals surface area contributed by atoms with Crippen molar-refractivity contribution in [3.63, 3.8) is 0 Å². The zero-order valence-corrected chi connectivity index (χ0v) is 12.4. The Bertz CT molecular complexity index is 466. The third-order valence-corrected chi connectivity index (χ3v) is 4.74. The van der Waals surface area contributed by atoms with Crippen LogP contribution in [0.1, 0.15) is 50.5 Å². The van der Waals surface area contributed by atoms with Crippen LogP contribution in [0.25, 0.3) is 0 Å². The maximum absolute atomic E-state index is 6.33. The molecule has 20 heavy (non-hydrogen) atoms. The topological polar surface area (TPSA) is 44.5 Å². The molecule has 1 aliphatic carbocycles. The molecule has 1 aromatic rings. The Kier molecular flexibility index (Phi) is 3.88. The van der Waals surface area contributed by atoms with E-state index in [4.69, 9.17) is 15.2 Å². The highest BCUT2D eigenvalue weighted by Gasteiger charge is 2.40. The van der Waals surface area contributed by atoms with Crippen molar-refractivity contribution in [2.75, 3.05) is 12.3 Å². The van der Waals surface area contributed by atoms with Gasteiger partial charge < -0.3 is 15.2 Å². The normalized spacial score (nSPS) is 24.9. The molecular weight excluding hydrogens is 250 g/mol. The van der Waals surface area contributed by atoms with Gasteiger partial charge in [-0.05, 0) is 44.2 Å². The van der Waals surface area contributed by atoms with E-state index in [0.29, 0.717) is 6.61 Å². The molecule has 1 saturated heterocycles. The van der Waals surface area contributed by atoms with Crippen molar-refractivity contribution in [2.24, 2.45) is 0 Å². The molecule has 1 aliphatic heterocycles. The van der Waals surface area contributed by atoms with Crippen molar-refractivity contribution in [3.8, 4) is 5.75 Å². The SMILES string of the molecule is Cc1ccc(N)cc1OCC1CCC2(CCCCC2)O1. The van der Waals surface area contributed by atoms with E-state index in [1.807, 2.05) is 25.1 Å². The van der Waals surface area contributed by atoms with E-state index in [9.17, 15) is 0 Å². The van der Waals surface area contributed by atoms with Crippen LogP contribution < -0.4 is 10.5 Å². The Morgan fingerprint density at radius 1 is 1.25 bits per heavy atom. The van der Waals surface area contributed by atoms with Gasteiger partial charge in [-0.1, -0.05) is 25.3 Å². The van der Waals surface area contributed by atoms with Crippen LogP contribution in [-0.4, -0.2) is 18.3 Å². The average molecular weight is 275 g/mol. The van der Waals surface area contributed by atoms with E-state index in [1.54, 1.807) is 0 Å². The minimum Gasteiger partial charge on any atom is -0.491 e. The Hall–Kier alpha value is -1.22. The molecule has 0 bridgehead atoms. The second-order valence-corrected chi connectivity index (χ2v) is 6.36. The molecule has 0 aromatic heterocycles. The summed E-state index contributed by atoms with van der Waals surface area (Å²) in [6.07, 6.45) is 9.06. The molecule has 1 aromatic carbocycles. The van der Waals surface area contributed by atoms with E-state index >= 15 is 0 Å². The van der Waals surface area contributed by atoms with Gasteiger partial charge in [-0.2, -0.15) is 0 Å². The second kappa shape index (κ2) is 5.65. The Morgan fingerprint density at radius 3 is 2.85 bits per heavy atom. The largest absolute Gasteiger partial charge is 0.491 e. The fourth-order valence-corrected chi connectivity index (χ4v) is 3.53. The summed E-state index contributed by atoms with van der Waals surface area (Å²) >= 11 is 0. The van der Waals surface area contributed by atoms with E-state index in [1.165, 1.54) is 38.5 Å². The highest BCUT2D eigenvalue weighted by molar-refractivity contribution is 5.47. The van der Waals surface area contributed by atoms with Gasteiger partial charge in [-0.25, -0.2) is 0 Å². The Labute approximate surface area is 121 Å². The molecule has 3 nitrogen and oxygen atoms in total. The van der Waals surface area contributed by atoms with Gasteiger partial charge in [0.1, 0.15) is 12.4 Å². The first-order valence-electron chi connectivity index (χ1n) is 7.84. The molecule has 110 valence electrons. The number of hydrogen-bond donors (Lipinski definition) is 1. The lowest BCUT2D eigenvalue weighted by Crippen LogP contribution is -2.32. The van der Waals surface area contributed by atoms with Crippen molar-refractivity contribution in [1.29, 1.82) is 0 Å². The van der Waals surface area contributed by atoms with Gasteiger partial charge in [-0.15, -0.1) is 0 Å². The highest BCUT2D eigenvalue weighted by Crippen LogP contribution is 2.42. The number of anilines is 1.